The van der Waals surface area contributed by atoms with Crippen LogP contribution >= 0.6 is 11.3 Å². The average molecular weight is 278 g/mol. The molecule has 19 heavy (non-hydrogen) atoms. The standard InChI is InChI=1S/C13H14N2O3S/c14-15-13(17)12-10(5-6-19-12)8-18-11-3-1-9(7-16)2-4-11/h1-6,16H,7-8,14H2,(H,15,17). The summed E-state index contributed by atoms with van der Waals surface area (Å²) in [6, 6.07) is 8.96. The van der Waals surface area contributed by atoms with Crippen molar-refractivity contribution in [2.45, 2.75) is 13.2 Å². The number of nitrogen functional groups attached to an aromatic ring is 1. The fourth-order valence-corrected chi connectivity index (χ4v) is 2.38. The van der Waals surface area contributed by atoms with Crippen molar-refractivity contribution in [1.82, 2.24) is 5.43 Å². The smallest absolute Gasteiger partial charge is 0.275 e. The van der Waals surface area contributed by atoms with Crippen molar-refractivity contribution in [3.63, 3.8) is 0 Å². The Balaban J connectivity index is 2.02. The molecule has 0 aliphatic heterocycles. The number of ether oxygens (including phenoxy) is 1. The molecule has 0 saturated carbocycles. The van der Waals surface area contributed by atoms with E-state index in [1.165, 1.54) is 11.3 Å². The van der Waals surface area contributed by atoms with Crippen molar-refractivity contribution in [1.29, 1.82) is 0 Å². The highest BCUT2D eigenvalue weighted by molar-refractivity contribution is 7.12. The average Bonchev–Trinajstić information content (AvgIpc) is 2.93. The Morgan fingerprint density at radius 1 is 1.32 bits per heavy atom. The largest absolute Gasteiger partial charge is 0.489 e. The number of rotatable bonds is 5. The lowest BCUT2D eigenvalue weighted by atomic mass is 10.2. The van der Waals surface area contributed by atoms with Crippen molar-refractivity contribution >= 4 is 17.2 Å². The normalized spacial score (nSPS) is 10.2. The summed E-state index contributed by atoms with van der Waals surface area (Å²) >= 11 is 1.32. The Bertz CT molecular complexity index is 551. The zero-order valence-corrected chi connectivity index (χ0v) is 10.9. The fourth-order valence-electron chi connectivity index (χ4n) is 1.57. The van der Waals surface area contributed by atoms with Crippen LogP contribution in [0.2, 0.25) is 0 Å². The molecule has 6 heteroatoms. The molecule has 0 aliphatic rings. The summed E-state index contributed by atoms with van der Waals surface area (Å²) in [5.74, 6) is 5.48. The Hall–Kier alpha value is -1.89. The molecule has 0 atom stereocenters. The molecular formula is C13H14N2O3S. The maximum absolute atomic E-state index is 11.5. The molecule has 4 N–H and O–H groups in total. The lowest BCUT2D eigenvalue weighted by Gasteiger charge is -2.07. The van der Waals surface area contributed by atoms with Gasteiger partial charge < -0.3 is 9.84 Å². The van der Waals surface area contributed by atoms with Gasteiger partial charge in [0.1, 0.15) is 12.4 Å². The SMILES string of the molecule is NNC(=O)c1sccc1COc1ccc(CO)cc1. The van der Waals surface area contributed by atoms with Gasteiger partial charge in [-0.15, -0.1) is 11.3 Å². The molecule has 5 nitrogen and oxygen atoms in total. The second kappa shape index (κ2) is 6.33. The number of thiophene rings is 1. The van der Waals surface area contributed by atoms with Crippen molar-refractivity contribution < 1.29 is 14.6 Å². The van der Waals surface area contributed by atoms with Crippen LogP contribution in [0.5, 0.6) is 5.75 Å². The number of hydrogen-bond donors (Lipinski definition) is 3. The molecule has 1 heterocycles. The molecule has 1 aromatic heterocycles. The molecule has 0 radical (unpaired) electrons. The lowest BCUT2D eigenvalue weighted by Crippen LogP contribution is -2.30. The molecule has 0 saturated heterocycles. The van der Waals surface area contributed by atoms with E-state index in [2.05, 4.69) is 5.43 Å². The molecule has 2 rings (SSSR count). The number of hydrazine groups is 1. The number of benzene rings is 1. The van der Waals surface area contributed by atoms with E-state index in [1.54, 1.807) is 24.3 Å². The lowest BCUT2D eigenvalue weighted by molar-refractivity contribution is 0.0955. The summed E-state index contributed by atoms with van der Waals surface area (Å²) < 4.78 is 5.59. The fraction of sp³-hybridized carbons (Fsp3) is 0.154. The summed E-state index contributed by atoms with van der Waals surface area (Å²) in [4.78, 5) is 12.0. The molecule has 0 bridgehead atoms. The van der Waals surface area contributed by atoms with E-state index in [0.717, 1.165) is 11.1 Å². The van der Waals surface area contributed by atoms with Gasteiger partial charge in [0, 0.05) is 5.56 Å². The number of aliphatic hydroxyl groups excluding tert-OH is 1. The highest BCUT2D eigenvalue weighted by Crippen LogP contribution is 2.20. The Morgan fingerprint density at radius 3 is 2.68 bits per heavy atom. The van der Waals surface area contributed by atoms with E-state index < -0.39 is 0 Å². The van der Waals surface area contributed by atoms with Gasteiger partial charge in [-0.2, -0.15) is 0 Å². The van der Waals surface area contributed by atoms with Crippen molar-refractivity contribution in [3.8, 4) is 5.75 Å². The molecule has 2 aromatic rings. The van der Waals surface area contributed by atoms with Crippen LogP contribution < -0.4 is 16.0 Å². The van der Waals surface area contributed by atoms with Gasteiger partial charge in [-0.3, -0.25) is 10.2 Å². The second-order valence-electron chi connectivity index (χ2n) is 3.84. The van der Waals surface area contributed by atoms with Gasteiger partial charge in [0.05, 0.1) is 11.5 Å². The van der Waals surface area contributed by atoms with Crippen LogP contribution in [0, 0.1) is 0 Å². The first-order valence-electron chi connectivity index (χ1n) is 5.64. The summed E-state index contributed by atoms with van der Waals surface area (Å²) in [5.41, 5.74) is 3.73. The number of nitrogens with two attached hydrogens (primary N) is 1. The monoisotopic (exact) mass is 278 g/mol. The van der Waals surface area contributed by atoms with Gasteiger partial charge in [0.15, 0.2) is 0 Å². The van der Waals surface area contributed by atoms with Crippen LogP contribution in [0.4, 0.5) is 0 Å². The predicted molar refractivity (Wildman–Crippen MR) is 72.7 cm³/mol. The van der Waals surface area contributed by atoms with Gasteiger partial charge in [0.2, 0.25) is 0 Å². The number of hydrogen-bond acceptors (Lipinski definition) is 5. The van der Waals surface area contributed by atoms with Crippen molar-refractivity contribution in [3.05, 3.63) is 51.7 Å². The summed E-state index contributed by atoms with van der Waals surface area (Å²) in [5, 5.41) is 10.8. The zero-order chi connectivity index (χ0) is 13.7. The van der Waals surface area contributed by atoms with E-state index >= 15 is 0 Å². The molecule has 1 aromatic carbocycles. The highest BCUT2D eigenvalue weighted by atomic mass is 32.1. The van der Waals surface area contributed by atoms with Crippen LogP contribution in [0.15, 0.2) is 35.7 Å². The third-order valence-electron chi connectivity index (χ3n) is 2.58. The first-order valence-corrected chi connectivity index (χ1v) is 6.52. The molecule has 0 unspecified atom stereocenters. The number of nitrogens with one attached hydrogen (secondary N) is 1. The first kappa shape index (κ1) is 13.5. The summed E-state index contributed by atoms with van der Waals surface area (Å²) in [7, 11) is 0. The quantitative estimate of drug-likeness (QED) is 0.439. The molecular weight excluding hydrogens is 264 g/mol. The number of carbonyl (C=O) groups excluding carboxylic acids is 1. The predicted octanol–water partition coefficient (Wildman–Crippen LogP) is 1.42. The summed E-state index contributed by atoms with van der Waals surface area (Å²) in [6.45, 7) is 0.302. The number of amides is 1. The van der Waals surface area contributed by atoms with Crippen LogP contribution in [-0.2, 0) is 13.2 Å². The Morgan fingerprint density at radius 2 is 2.05 bits per heavy atom. The van der Waals surface area contributed by atoms with Crippen LogP contribution in [0.1, 0.15) is 20.8 Å². The Labute approximate surface area is 114 Å². The van der Waals surface area contributed by atoms with E-state index in [9.17, 15) is 4.79 Å². The van der Waals surface area contributed by atoms with Gasteiger partial charge in [-0.1, -0.05) is 12.1 Å². The van der Waals surface area contributed by atoms with Gasteiger partial charge in [-0.25, -0.2) is 5.84 Å². The van der Waals surface area contributed by atoms with Gasteiger partial charge in [0.25, 0.3) is 5.91 Å². The number of aliphatic hydroxyl groups is 1. The van der Waals surface area contributed by atoms with Crippen molar-refractivity contribution in [2.24, 2.45) is 5.84 Å². The van der Waals surface area contributed by atoms with E-state index in [0.29, 0.717) is 17.2 Å². The van der Waals surface area contributed by atoms with E-state index in [1.807, 2.05) is 11.4 Å². The van der Waals surface area contributed by atoms with Gasteiger partial charge >= 0.3 is 0 Å². The molecule has 0 spiro atoms. The van der Waals surface area contributed by atoms with Gasteiger partial charge in [-0.05, 0) is 29.1 Å². The third-order valence-corrected chi connectivity index (χ3v) is 3.54. The molecule has 0 aliphatic carbocycles. The minimum atomic E-state index is -0.316. The molecule has 100 valence electrons. The maximum Gasteiger partial charge on any atom is 0.275 e. The van der Waals surface area contributed by atoms with Crippen molar-refractivity contribution in [2.75, 3.05) is 0 Å². The maximum atomic E-state index is 11.5. The van der Waals surface area contributed by atoms with E-state index in [-0.39, 0.29) is 12.5 Å². The third kappa shape index (κ3) is 3.31. The first-order chi connectivity index (χ1) is 9.24. The Kier molecular flexibility index (Phi) is 4.51. The highest BCUT2D eigenvalue weighted by Gasteiger charge is 2.12. The van der Waals surface area contributed by atoms with E-state index in [4.69, 9.17) is 15.7 Å². The minimum Gasteiger partial charge on any atom is -0.489 e. The number of carbonyl (C=O) groups is 1. The van der Waals surface area contributed by atoms with Crippen LogP contribution in [-0.4, -0.2) is 11.0 Å². The minimum absolute atomic E-state index is 0.00559. The van der Waals surface area contributed by atoms with Crippen LogP contribution in [0.25, 0.3) is 0 Å². The second-order valence-corrected chi connectivity index (χ2v) is 4.76. The zero-order valence-electron chi connectivity index (χ0n) is 10.1. The summed E-state index contributed by atoms with van der Waals surface area (Å²) in [6.07, 6.45) is 0. The van der Waals surface area contributed by atoms with Crippen LogP contribution in [0.3, 0.4) is 0 Å². The topological polar surface area (TPSA) is 84.6 Å². The molecule has 0 fully saturated rings. The molecule has 1 amide bonds.